The second-order valence-electron chi connectivity index (χ2n) is 5.95. The number of halogens is 1. The van der Waals surface area contributed by atoms with Crippen LogP contribution in [-0.4, -0.2) is 16.1 Å². The zero-order valence-corrected chi connectivity index (χ0v) is 13.8. The molecule has 0 N–H and O–H groups in total. The molecule has 3 heteroatoms. The molecule has 0 saturated carbocycles. The Balaban J connectivity index is 2.03. The van der Waals surface area contributed by atoms with Crippen LogP contribution < -0.4 is 0 Å². The zero-order chi connectivity index (χ0) is 16.5. The van der Waals surface area contributed by atoms with Gasteiger partial charge in [0.1, 0.15) is 0 Å². The van der Waals surface area contributed by atoms with Crippen molar-refractivity contribution in [3.63, 3.8) is 0 Å². The predicted molar refractivity (Wildman–Crippen MR) is 94.1 cm³/mol. The summed E-state index contributed by atoms with van der Waals surface area (Å²) in [6.45, 7) is 5.49. The number of aromatic nitrogens is 2. The number of benzene rings is 1. The van der Waals surface area contributed by atoms with Crippen molar-refractivity contribution in [1.29, 1.82) is 0 Å². The molecule has 1 aromatic heterocycles. The molecule has 0 bridgehead atoms. The number of hydrogen-bond donors (Lipinski definition) is 0. The number of nitrogens with zero attached hydrogens (tertiary/aromatic N) is 2. The molecule has 1 unspecified atom stereocenters. The topological polar surface area (TPSA) is 25.8 Å². The van der Waals surface area contributed by atoms with E-state index in [0.29, 0.717) is 6.42 Å². The van der Waals surface area contributed by atoms with Crippen molar-refractivity contribution in [2.24, 2.45) is 0 Å². The van der Waals surface area contributed by atoms with Crippen LogP contribution in [0.15, 0.2) is 49.4 Å². The minimum Gasteiger partial charge on any atom is -0.261 e. The van der Waals surface area contributed by atoms with E-state index >= 15 is 0 Å². The van der Waals surface area contributed by atoms with E-state index in [1.54, 1.807) is 25.5 Å². The van der Waals surface area contributed by atoms with Gasteiger partial charge in [0.25, 0.3) is 0 Å². The van der Waals surface area contributed by atoms with E-state index in [4.69, 9.17) is 0 Å². The minimum atomic E-state index is -0.683. The number of allylic oxidation sites excluding steroid dienone is 1. The van der Waals surface area contributed by atoms with Crippen LogP contribution in [0, 0.1) is 0 Å². The first-order chi connectivity index (χ1) is 11.2. The highest BCUT2D eigenvalue weighted by Gasteiger charge is 2.06. The van der Waals surface area contributed by atoms with Gasteiger partial charge in [0.05, 0.1) is 18.1 Å². The number of rotatable bonds is 9. The Morgan fingerprint density at radius 2 is 2.04 bits per heavy atom. The Bertz CT molecular complexity index is 608. The van der Waals surface area contributed by atoms with Gasteiger partial charge in [0, 0.05) is 18.0 Å². The van der Waals surface area contributed by atoms with Crippen LogP contribution in [0.2, 0.25) is 0 Å². The van der Waals surface area contributed by atoms with E-state index in [9.17, 15) is 4.39 Å². The monoisotopic (exact) mass is 312 g/mol. The van der Waals surface area contributed by atoms with Gasteiger partial charge in [-0.05, 0) is 49.8 Å². The van der Waals surface area contributed by atoms with E-state index in [2.05, 4.69) is 34.7 Å². The first-order valence-electron chi connectivity index (χ1n) is 8.34. The fourth-order valence-electron chi connectivity index (χ4n) is 2.74. The Kier molecular flexibility index (Phi) is 6.92. The molecule has 0 aliphatic rings. The first-order valence-corrected chi connectivity index (χ1v) is 8.34. The Morgan fingerprint density at radius 1 is 1.17 bits per heavy atom. The summed E-state index contributed by atoms with van der Waals surface area (Å²) in [7, 11) is 0. The van der Waals surface area contributed by atoms with Gasteiger partial charge in [-0.15, -0.1) is 6.58 Å². The van der Waals surface area contributed by atoms with Gasteiger partial charge < -0.3 is 0 Å². The second kappa shape index (κ2) is 9.19. The third-order valence-electron chi connectivity index (χ3n) is 3.98. The molecule has 0 radical (unpaired) electrons. The first kappa shape index (κ1) is 17.3. The van der Waals surface area contributed by atoms with Gasteiger partial charge in [0.15, 0.2) is 0 Å². The lowest BCUT2D eigenvalue weighted by atomic mass is 9.95. The standard InChI is InChI=1S/C20H25FN2/c1-3-7-18-14-19(20-15-22-12-13-23-20)11-10-17(18)9-6-4-5-8-16(2)21/h3,10-16H,1,4-9H2,2H3. The van der Waals surface area contributed by atoms with Crippen LogP contribution >= 0.6 is 0 Å². The summed E-state index contributed by atoms with van der Waals surface area (Å²) in [5.41, 5.74) is 4.62. The summed E-state index contributed by atoms with van der Waals surface area (Å²) in [6, 6.07) is 6.47. The van der Waals surface area contributed by atoms with Crippen LogP contribution in [0.25, 0.3) is 11.3 Å². The molecule has 1 aromatic carbocycles. The molecule has 0 fully saturated rings. The molecule has 122 valence electrons. The van der Waals surface area contributed by atoms with E-state index < -0.39 is 6.17 Å². The third-order valence-corrected chi connectivity index (χ3v) is 3.98. The fourth-order valence-corrected chi connectivity index (χ4v) is 2.74. The highest BCUT2D eigenvalue weighted by molar-refractivity contribution is 5.60. The summed E-state index contributed by atoms with van der Waals surface area (Å²) in [6.07, 6.45) is 12.1. The van der Waals surface area contributed by atoms with Gasteiger partial charge >= 0.3 is 0 Å². The Hall–Kier alpha value is -2.03. The van der Waals surface area contributed by atoms with Crippen LogP contribution in [0.4, 0.5) is 4.39 Å². The molecule has 0 aliphatic heterocycles. The SMILES string of the molecule is C=CCc1cc(-c2cnccn2)ccc1CCCCCC(C)F. The highest BCUT2D eigenvalue weighted by Crippen LogP contribution is 2.22. The molecule has 1 heterocycles. The molecule has 0 amide bonds. The van der Waals surface area contributed by atoms with Gasteiger partial charge in [-0.1, -0.05) is 31.1 Å². The lowest BCUT2D eigenvalue weighted by molar-refractivity contribution is 0.330. The second-order valence-corrected chi connectivity index (χ2v) is 5.95. The summed E-state index contributed by atoms with van der Waals surface area (Å²) in [5, 5.41) is 0. The average molecular weight is 312 g/mol. The maximum absolute atomic E-state index is 12.8. The van der Waals surface area contributed by atoms with E-state index in [-0.39, 0.29) is 0 Å². The number of unbranched alkanes of at least 4 members (excludes halogenated alkanes) is 2. The van der Waals surface area contributed by atoms with Crippen LogP contribution in [0.3, 0.4) is 0 Å². The van der Waals surface area contributed by atoms with Crippen molar-refractivity contribution in [3.05, 3.63) is 60.6 Å². The van der Waals surface area contributed by atoms with Crippen molar-refractivity contribution in [1.82, 2.24) is 9.97 Å². The molecule has 1 atom stereocenters. The molecule has 0 saturated heterocycles. The summed E-state index contributed by atoms with van der Waals surface area (Å²) >= 11 is 0. The smallest absolute Gasteiger partial charge is 0.0973 e. The maximum Gasteiger partial charge on any atom is 0.0973 e. The molecule has 2 rings (SSSR count). The van der Waals surface area contributed by atoms with Crippen LogP contribution in [0.5, 0.6) is 0 Å². The minimum absolute atomic E-state index is 0.672. The van der Waals surface area contributed by atoms with Gasteiger partial charge in [-0.25, -0.2) is 4.39 Å². The highest BCUT2D eigenvalue weighted by atomic mass is 19.1. The van der Waals surface area contributed by atoms with Gasteiger partial charge in [-0.2, -0.15) is 0 Å². The lowest BCUT2D eigenvalue weighted by Gasteiger charge is -2.11. The lowest BCUT2D eigenvalue weighted by Crippen LogP contribution is -1.97. The van der Waals surface area contributed by atoms with Crippen molar-refractivity contribution < 1.29 is 4.39 Å². The van der Waals surface area contributed by atoms with Crippen LogP contribution in [-0.2, 0) is 12.8 Å². The fraction of sp³-hybridized carbons (Fsp3) is 0.400. The van der Waals surface area contributed by atoms with Crippen molar-refractivity contribution in [3.8, 4) is 11.3 Å². The van der Waals surface area contributed by atoms with Crippen LogP contribution in [0.1, 0.15) is 43.7 Å². The van der Waals surface area contributed by atoms with E-state index in [1.807, 2.05) is 6.08 Å². The maximum atomic E-state index is 12.8. The molecule has 23 heavy (non-hydrogen) atoms. The van der Waals surface area contributed by atoms with Crippen molar-refractivity contribution in [2.75, 3.05) is 0 Å². The van der Waals surface area contributed by atoms with E-state index in [0.717, 1.165) is 43.4 Å². The summed E-state index contributed by atoms with van der Waals surface area (Å²) in [5.74, 6) is 0. The Morgan fingerprint density at radius 3 is 2.74 bits per heavy atom. The zero-order valence-electron chi connectivity index (χ0n) is 13.8. The molecular weight excluding hydrogens is 287 g/mol. The van der Waals surface area contributed by atoms with E-state index in [1.165, 1.54) is 11.1 Å². The van der Waals surface area contributed by atoms with Crippen molar-refractivity contribution in [2.45, 2.75) is 51.6 Å². The normalized spacial score (nSPS) is 12.1. The number of alkyl halides is 1. The molecule has 0 aliphatic carbocycles. The summed E-state index contributed by atoms with van der Waals surface area (Å²) < 4.78 is 12.8. The van der Waals surface area contributed by atoms with Gasteiger partial charge in [0.2, 0.25) is 0 Å². The quantitative estimate of drug-likeness (QED) is 0.462. The predicted octanol–water partition coefficient (Wildman–Crippen LogP) is 5.33. The molecular formula is C20H25FN2. The van der Waals surface area contributed by atoms with Crippen molar-refractivity contribution >= 4 is 0 Å². The largest absolute Gasteiger partial charge is 0.261 e. The molecule has 2 nitrogen and oxygen atoms in total. The molecule has 2 aromatic rings. The third kappa shape index (κ3) is 5.59. The molecule has 0 spiro atoms. The summed E-state index contributed by atoms with van der Waals surface area (Å²) in [4.78, 5) is 8.49. The average Bonchev–Trinajstić information content (AvgIpc) is 2.56. The Labute approximate surface area is 138 Å². The number of hydrogen-bond acceptors (Lipinski definition) is 2. The van der Waals surface area contributed by atoms with Gasteiger partial charge in [-0.3, -0.25) is 9.97 Å². The number of aryl methyl sites for hydroxylation is 1.